The third-order valence-electron chi connectivity index (χ3n) is 3.50. The zero-order valence-electron chi connectivity index (χ0n) is 12.9. The van der Waals surface area contributed by atoms with E-state index in [1.807, 2.05) is 24.3 Å². The first-order valence-electron chi connectivity index (χ1n) is 7.36. The van der Waals surface area contributed by atoms with Crippen molar-refractivity contribution in [2.24, 2.45) is 4.47 Å². The lowest BCUT2D eigenvalue weighted by atomic mass is 10.0. The monoisotopic (exact) mass is 332 g/mol. The molecule has 3 rings (SSSR count). The van der Waals surface area contributed by atoms with Crippen LogP contribution in [0.3, 0.4) is 0 Å². The van der Waals surface area contributed by atoms with Gasteiger partial charge in [-0.05, 0) is 36.1 Å². The van der Waals surface area contributed by atoms with Gasteiger partial charge in [-0.2, -0.15) is 4.21 Å². The van der Waals surface area contributed by atoms with Crippen molar-refractivity contribution in [3.63, 3.8) is 0 Å². The van der Waals surface area contributed by atoms with Crippen molar-refractivity contribution in [3.05, 3.63) is 59.7 Å². The Balaban J connectivity index is 0.000000164. The second kappa shape index (κ2) is 8.76. The largest absolute Gasteiger partial charge is 0.241 e. The van der Waals surface area contributed by atoms with Gasteiger partial charge in [0, 0.05) is 4.90 Å². The molecule has 3 nitrogen and oxygen atoms in total. The maximum absolute atomic E-state index is 10.2. The smallest absolute Gasteiger partial charge is 0.223 e. The van der Waals surface area contributed by atoms with Crippen LogP contribution in [0, 0.1) is 0 Å². The molecule has 0 fully saturated rings. The van der Waals surface area contributed by atoms with E-state index in [0.29, 0.717) is 0 Å². The van der Waals surface area contributed by atoms with Gasteiger partial charge in [-0.15, -0.1) is 0 Å². The predicted molar refractivity (Wildman–Crippen MR) is 95.4 cm³/mol. The molecule has 2 aromatic rings. The van der Waals surface area contributed by atoms with Gasteiger partial charge in [-0.25, -0.2) is 5.01 Å². The topological polar surface area (TPSA) is 32.7 Å². The summed E-state index contributed by atoms with van der Waals surface area (Å²) >= 11 is 1.95. The van der Waals surface area contributed by atoms with Gasteiger partial charge in [-0.3, -0.25) is 0 Å². The highest BCUT2D eigenvalue weighted by Crippen LogP contribution is 2.37. The van der Waals surface area contributed by atoms with Crippen LogP contribution in [0.25, 0.3) is 0 Å². The van der Waals surface area contributed by atoms with Crippen LogP contribution < -0.4 is 5.01 Å². The van der Waals surface area contributed by atoms with Crippen LogP contribution in [0.1, 0.15) is 25.0 Å². The Morgan fingerprint density at radius 3 is 2.23 bits per heavy atom. The Labute approximate surface area is 140 Å². The maximum atomic E-state index is 10.2. The lowest BCUT2D eigenvalue weighted by molar-refractivity contribution is 0.696. The van der Waals surface area contributed by atoms with Gasteiger partial charge in [0.25, 0.3) is 0 Å². The summed E-state index contributed by atoms with van der Waals surface area (Å²) in [6.07, 6.45) is 2.31. The van der Waals surface area contributed by atoms with Crippen LogP contribution >= 0.6 is 11.8 Å². The molecule has 22 heavy (non-hydrogen) atoms. The Hall–Kier alpha value is -1.59. The summed E-state index contributed by atoms with van der Waals surface area (Å²) in [5, 5.41) is 1.72. The number of fused-ring (bicyclic) bond motifs is 1. The highest BCUT2D eigenvalue weighted by Gasteiger charge is 2.17. The average Bonchev–Trinajstić information content (AvgIpc) is 2.99. The zero-order valence-corrected chi connectivity index (χ0v) is 14.5. The Morgan fingerprint density at radius 2 is 1.64 bits per heavy atom. The summed E-state index contributed by atoms with van der Waals surface area (Å²) < 4.78 is 13.9. The van der Waals surface area contributed by atoms with Crippen molar-refractivity contribution < 1.29 is 4.21 Å². The molecular weight excluding hydrogens is 312 g/mol. The fourth-order valence-electron chi connectivity index (χ4n) is 2.35. The Kier molecular flexibility index (Phi) is 6.68. The number of nitrogens with zero attached hydrogens (tertiary/aromatic N) is 2. The zero-order chi connectivity index (χ0) is 15.8. The molecule has 0 aliphatic carbocycles. The highest BCUT2D eigenvalue weighted by atomic mass is 32.2. The van der Waals surface area contributed by atoms with Gasteiger partial charge < -0.3 is 0 Å². The first kappa shape index (κ1) is 16.8. The minimum Gasteiger partial charge on any atom is -0.241 e. The number of hydrogen-bond donors (Lipinski definition) is 0. The van der Waals surface area contributed by atoms with Crippen LogP contribution in [0.15, 0.2) is 57.9 Å². The fraction of sp³-hybridized carbons (Fsp3) is 0.294. The van der Waals surface area contributed by atoms with E-state index in [2.05, 4.69) is 42.6 Å². The lowest BCUT2D eigenvalue weighted by Gasteiger charge is -2.06. The molecule has 1 heterocycles. The molecule has 0 aromatic heterocycles. The number of hydrogen-bond acceptors (Lipinski definition) is 3. The van der Waals surface area contributed by atoms with Gasteiger partial charge in [0.05, 0.1) is 11.6 Å². The molecule has 0 saturated heterocycles. The van der Waals surface area contributed by atoms with Crippen molar-refractivity contribution in [1.29, 1.82) is 0 Å². The van der Waals surface area contributed by atoms with E-state index < -0.39 is 0 Å². The van der Waals surface area contributed by atoms with E-state index in [0.717, 1.165) is 24.4 Å². The highest BCUT2D eigenvalue weighted by molar-refractivity contribution is 7.99. The third-order valence-corrected chi connectivity index (χ3v) is 4.79. The second-order valence-electron chi connectivity index (χ2n) is 4.77. The third kappa shape index (κ3) is 4.21. The number of rotatable bonds is 3. The summed E-state index contributed by atoms with van der Waals surface area (Å²) in [4.78, 5) is 1.19. The van der Waals surface area contributed by atoms with Gasteiger partial charge in [0.1, 0.15) is 0 Å². The number of anilines is 1. The summed E-state index contributed by atoms with van der Waals surface area (Å²) in [7, 11) is 0. The van der Waals surface area contributed by atoms with Gasteiger partial charge in [0.15, 0.2) is 0 Å². The quantitative estimate of drug-likeness (QED) is 0.818. The van der Waals surface area contributed by atoms with E-state index in [1.165, 1.54) is 16.0 Å². The van der Waals surface area contributed by atoms with Crippen LogP contribution in [-0.4, -0.2) is 10.1 Å². The molecule has 0 saturated carbocycles. The van der Waals surface area contributed by atoms with Crippen molar-refractivity contribution >= 4 is 28.9 Å². The lowest BCUT2D eigenvalue weighted by Crippen LogP contribution is -2.08. The molecule has 1 aliphatic rings. The Morgan fingerprint density at radius 1 is 1.05 bits per heavy atom. The fourth-order valence-corrected chi connectivity index (χ4v) is 3.60. The molecule has 0 unspecified atom stereocenters. The van der Waals surface area contributed by atoms with Crippen molar-refractivity contribution in [3.8, 4) is 0 Å². The van der Waals surface area contributed by atoms with Crippen LogP contribution in [0.4, 0.5) is 5.69 Å². The SMILES string of the molecule is CCc1ccccc1CC.O=S=NN1CSc2ccccc21. The summed E-state index contributed by atoms with van der Waals surface area (Å²) in [5.74, 6) is 0.745. The maximum Gasteiger partial charge on any atom is 0.223 e. The first-order valence-corrected chi connectivity index (χ1v) is 9.04. The van der Waals surface area contributed by atoms with Gasteiger partial charge in [-0.1, -0.05) is 66.5 Å². The normalized spacial score (nSPS) is 12.2. The van der Waals surface area contributed by atoms with Gasteiger partial charge in [0.2, 0.25) is 11.5 Å². The summed E-state index contributed by atoms with van der Waals surface area (Å²) in [5.41, 5.74) is 4.01. The van der Waals surface area contributed by atoms with E-state index in [9.17, 15) is 4.21 Å². The standard InChI is InChI=1S/C10H14.C7H6N2OS2/c1-3-9-7-5-6-8-10(9)4-2;10-12-8-9-5-11-7-4-2-1-3-6(7)9/h5-8H,3-4H2,1-2H3;1-4H,5H2. The van der Waals surface area contributed by atoms with E-state index in [1.54, 1.807) is 16.8 Å². The number of aryl methyl sites for hydroxylation is 2. The number of para-hydroxylation sites is 1. The summed E-state index contributed by atoms with van der Waals surface area (Å²) in [6.45, 7) is 4.41. The molecule has 0 atom stereocenters. The first-order chi connectivity index (χ1) is 10.8. The molecule has 5 heteroatoms. The number of benzene rings is 2. The Bertz CT molecular complexity index is 646. The van der Waals surface area contributed by atoms with Crippen molar-refractivity contribution in [2.75, 3.05) is 10.9 Å². The summed E-state index contributed by atoms with van der Waals surface area (Å²) in [6, 6.07) is 16.6. The van der Waals surface area contributed by atoms with Crippen LogP contribution in [-0.2, 0) is 24.3 Å². The van der Waals surface area contributed by atoms with Gasteiger partial charge >= 0.3 is 0 Å². The molecule has 1 aliphatic heterocycles. The molecule has 0 amide bonds. The van der Waals surface area contributed by atoms with E-state index in [4.69, 9.17) is 0 Å². The molecule has 0 spiro atoms. The molecule has 0 N–H and O–H groups in total. The molecule has 2 aromatic carbocycles. The van der Waals surface area contributed by atoms with E-state index in [-0.39, 0.29) is 11.5 Å². The molecule has 0 radical (unpaired) electrons. The minimum atomic E-state index is 0.250. The molecular formula is C17H20N2OS2. The van der Waals surface area contributed by atoms with Crippen LogP contribution in [0.2, 0.25) is 0 Å². The van der Waals surface area contributed by atoms with Crippen molar-refractivity contribution in [2.45, 2.75) is 31.6 Å². The number of thioether (sulfide) groups is 1. The molecule has 116 valence electrons. The van der Waals surface area contributed by atoms with Crippen molar-refractivity contribution in [1.82, 2.24) is 0 Å². The molecule has 0 bridgehead atoms. The predicted octanol–water partition coefficient (Wildman–Crippen LogP) is 4.68. The van der Waals surface area contributed by atoms with E-state index >= 15 is 0 Å². The second-order valence-corrected chi connectivity index (χ2v) is 6.07. The van der Waals surface area contributed by atoms with Crippen LogP contribution in [0.5, 0.6) is 0 Å². The average molecular weight is 332 g/mol. The minimum absolute atomic E-state index is 0.250.